The smallest absolute Gasteiger partial charge is 0.288 e. The number of amides is 1. The van der Waals surface area contributed by atoms with Gasteiger partial charge in [0.2, 0.25) is 6.29 Å². The van der Waals surface area contributed by atoms with Crippen molar-refractivity contribution in [3.05, 3.63) is 11.8 Å². The fourth-order valence-electron chi connectivity index (χ4n) is 2.91. The van der Waals surface area contributed by atoms with E-state index in [9.17, 15) is 4.79 Å². The first-order chi connectivity index (χ1) is 10.2. The Hall–Kier alpha value is -1.07. The molecular formula is C17H31NO4. The zero-order valence-corrected chi connectivity index (χ0v) is 14.8. The third-order valence-electron chi connectivity index (χ3n) is 4.03. The van der Waals surface area contributed by atoms with E-state index >= 15 is 0 Å². The summed E-state index contributed by atoms with van der Waals surface area (Å²) in [5.74, 6) is 0.511. The summed E-state index contributed by atoms with van der Waals surface area (Å²) in [5.41, 5.74) is -0.0168. The molecule has 0 spiro atoms. The van der Waals surface area contributed by atoms with Gasteiger partial charge in [0.15, 0.2) is 5.76 Å². The molecule has 0 aromatic rings. The third kappa shape index (κ3) is 4.71. The number of hydrogen-bond acceptors (Lipinski definition) is 4. The van der Waals surface area contributed by atoms with E-state index in [0.717, 1.165) is 6.42 Å². The molecule has 1 N–H and O–H groups in total. The Labute approximate surface area is 134 Å². The number of carbonyl (C=O) groups is 1. The molecule has 1 aliphatic heterocycles. The van der Waals surface area contributed by atoms with Crippen molar-refractivity contribution in [2.45, 2.75) is 46.8 Å². The highest BCUT2D eigenvalue weighted by Crippen LogP contribution is 2.42. The van der Waals surface area contributed by atoms with Crippen LogP contribution in [0.4, 0.5) is 0 Å². The normalized spacial score (nSPS) is 25.4. The van der Waals surface area contributed by atoms with E-state index in [0.29, 0.717) is 18.8 Å². The largest absolute Gasteiger partial charge is 0.459 e. The lowest BCUT2D eigenvalue weighted by molar-refractivity contribution is -0.181. The molecule has 3 atom stereocenters. The van der Waals surface area contributed by atoms with Gasteiger partial charge in [0.05, 0.1) is 0 Å². The SMILES string of the molecule is CCO[C@@H]1OC(C(=O)N(C)C)=C[C@H](C(C)(C)C)[C@H]1CCCO. The van der Waals surface area contributed by atoms with Crippen molar-refractivity contribution in [2.24, 2.45) is 17.3 Å². The molecule has 0 radical (unpaired) electrons. The minimum absolute atomic E-state index is 0.0168. The number of rotatable bonds is 6. The minimum Gasteiger partial charge on any atom is -0.459 e. The van der Waals surface area contributed by atoms with Crippen LogP contribution in [-0.2, 0) is 14.3 Å². The van der Waals surface area contributed by atoms with Crippen molar-refractivity contribution >= 4 is 5.91 Å². The molecule has 0 aromatic heterocycles. The van der Waals surface area contributed by atoms with Crippen molar-refractivity contribution in [3.8, 4) is 0 Å². The molecule has 0 aromatic carbocycles. The highest BCUT2D eigenvalue weighted by Gasteiger charge is 2.42. The first-order valence-electron chi connectivity index (χ1n) is 8.05. The highest BCUT2D eigenvalue weighted by atomic mass is 16.7. The Morgan fingerprint density at radius 2 is 2.05 bits per heavy atom. The maximum Gasteiger partial charge on any atom is 0.288 e. The molecule has 1 aliphatic rings. The summed E-state index contributed by atoms with van der Waals surface area (Å²) in [4.78, 5) is 13.8. The first kappa shape index (κ1) is 19.0. The van der Waals surface area contributed by atoms with Crippen molar-refractivity contribution in [1.29, 1.82) is 0 Å². The fraction of sp³-hybridized carbons (Fsp3) is 0.824. The quantitative estimate of drug-likeness (QED) is 0.818. The van der Waals surface area contributed by atoms with Gasteiger partial charge in [-0.15, -0.1) is 0 Å². The van der Waals surface area contributed by atoms with Crippen LogP contribution < -0.4 is 0 Å². The van der Waals surface area contributed by atoms with E-state index in [1.165, 1.54) is 4.90 Å². The van der Waals surface area contributed by atoms with Gasteiger partial charge in [-0.05, 0) is 37.2 Å². The number of likely N-dealkylation sites (N-methyl/N-ethyl adjacent to an activating group) is 1. The van der Waals surface area contributed by atoms with Crippen molar-refractivity contribution in [3.63, 3.8) is 0 Å². The number of allylic oxidation sites excluding steroid dienone is 1. The lowest BCUT2D eigenvalue weighted by Gasteiger charge is -2.42. The molecule has 5 heteroatoms. The van der Waals surface area contributed by atoms with Crippen molar-refractivity contribution < 1.29 is 19.4 Å². The van der Waals surface area contributed by atoms with Crippen LogP contribution in [0.5, 0.6) is 0 Å². The average molecular weight is 313 g/mol. The summed E-state index contributed by atoms with van der Waals surface area (Å²) >= 11 is 0. The van der Waals surface area contributed by atoms with Crippen molar-refractivity contribution in [1.82, 2.24) is 4.90 Å². The fourth-order valence-corrected chi connectivity index (χ4v) is 2.91. The minimum atomic E-state index is -0.440. The molecular weight excluding hydrogens is 282 g/mol. The number of carbonyl (C=O) groups excluding carboxylic acids is 1. The Bertz CT molecular complexity index is 398. The third-order valence-corrected chi connectivity index (χ3v) is 4.03. The van der Waals surface area contributed by atoms with Gasteiger partial charge in [0.1, 0.15) is 0 Å². The zero-order valence-electron chi connectivity index (χ0n) is 14.8. The molecule has 5 nitrogen and oxygen atoms in total. The van der Waals surface area contributed by atoms with Gasteiger partial charge in [0.25, 0.3) is 5.91 Å². The van der Waals surface area contributed by atoms with E-state index in [1.807, 2.05) is 13.0 Å². The molecule has 1 amide bonds. The standard InChI is InChI=1S/C17H31NO4/c1-7-21-16-12(9-8-10-19)13(17(2,3)4)11-14(22-16)15(20)18(5)6/h11-13,16,19H,7-10H2,1-6H3/t12-,13+,16-/m1/s1. The van der Waals surface area contributed by atoms with Gasteiger partial charge in [0, 0.05) is 33.2 Å². The van der Waals surface area contributed by atoms with Crippen LogP contribution in [0.25, 0.3) is 0 Å². The van der Waals surface area contributed by atoms with Crippen LogP contribution in [-0.4, -0.2) is 49.5 Å². The predicted octanol–water partition coefficient (Wildman–Crippen LogP) is 2.40. The summed E-state index contributed by atoms with van der Waals surface area (Å²) in [6.07, 6.45) is 3.02. The number of nitrogens with zero attached hydrogens (tertiary/aromatic N) is 1. The Morgan fingerprint density at radius 1 is 1.41 bits per heavy atom. The number of hydrogen-bond donors (Lipinski definition) is 1. The lowest BCUT2D eigenvalue weighted by atomic mass is 9.70. The van der Waals surface area contributed by atoms with Gasteiger partial charge in [-0.2, -0.15) is 0 Å². The van der Waals surface area contributed by atoms with E-state index in [1.54, 1.807) is 14.1 Å². The second-order valence-electron chi connectivity index (χ2n) is 7.09. The monoisotopic (exact) mass is 313 g/mol. The van der Waals surface area contributed by atoms with Crippen LogP contribution in [0, 0.1) is 17.3 Å². The van der Waals surface area contributed by atoms with E-state index in [2.05, 4.69) is 20.8 Å². The van der Waals surface area contributed by atoms with Crippen LogP contribution in [0.2, 0.25) is 0 Å². The second-order valence-corrected chi connectivity index (χ2v) is 7.09. The molecule has 1 rings (SSSR count). The molecule has 0 aliphatic carbocycles. The lowest BCUT2D eigenvalue weighted by Crippen LogP contribution is -2.43. The Kier molecular flexibility index (Phi) is 6.88. The maximum absolute atomic E-state index is 12.3. The number of ether oxygens (including phenoxy) is 2. The first-order valence-corrected chi connectivity index (χ1v) is 8.05. The summed E-state index contributed by atoms with van der Waals surface area (Å²) in [6.45, 7) is 9.08. The van der Waals surface area contributed by atoms with Gasteiger partial charge in [-0.25, -0.2) is 0 Å². The summed E-state index contributed by atoms with van der Waals surface area (Å²) < 4.78 is 11.6. The van der Waals surface area contributed by atoms with Gasteiger partial charge in [-0.3, -0.25) is 4.79 Å². The summed E-state index contributed by atoms with van der Waals surface area (Å²) in [7, 11) is 3.43. The predicted molar refractivity (Wildman–Crippen MR) is 86.0 cm³/mol. The van der Waals surface area contributed by atoms with Gasteiger partial charge in [-0.1, -0.05) is 20.8 Å². The molecule has 22 heavy (non-hydrogen) atoms. The van der Waals surface area contributed by atoms with Crippen LogP contribution in [0.3, 0.4) is 0 Å². The van der Waals surface area contributed by atoms with Crippen molar-refractivity contribution in [2.75, 3.05) is 27.3 Å². The van der Waals surface area contributed by atoms with E-state index in [4.69, 9.17) is 14.6 Å². The Balaban J connectivity index is 3.14. The maximum atomic E-state index is 12.3. The van der Waals surface area contributed by atoms with Crippen LogP contribution in [0.15, 0.2) is 11.8 Å². The van der Waals surface area contributed by atoms with Gasteiger partial charge < -0.3 is 19.5 Å². The van der Waals surface area contributed by atoms with E-state index in [-0.39, 0.29) is 29.8 Å². The van der Waals surface area contributed by atoms with Crippen LogP contribution >= 0.6 is 0 Å². The molecule has 0 saturated heterocycles. The molecule has 128 valence electrons. The molecule has 0 bridgehead atoms. The zero-order chi connectivity index (χ0) is 16.9. The molecule has 1 heterocycles. The number of aliphatic hydroxyl groups excluding tert-OH is 1. The second kappa shape index (κ2) is 7.97. The molecule has 0 unspecified atom stereocenters. The average Bonchev–Trinajstić information content (AvgIpc) is 2.43. The molecule has 0 fully saturated rings. The van der Waals surface area contributed by atoms with E-state index < -0.39 is 6.29 Å². The summed E-state index contributed by atoms with van der Waals surface area (Å²) in [6, 6.07) is 0. The topological polar surface area (TPSA) is 59.0 Å². The Morgan fingerprint density at radius 3 is 2.50 bits per heavy atom. The van der Waals surface area contributed by atoms with Gasteiger partial charge >= 0.3 is 0 Å². The highest BCUT2D eigenvalue weighted by molar-refractivity contribution is 5.91. The van der Waals surface area contributed by atoms with Crippen LogP contribution in [0.1, 0.15) is 40.5 Å². The summed E-state index contributed by atoms with van der Waals surface area (Å²) in [5, 5.41) is 9.16. The number of aliphatic hydroxyl groups is 1. The molecule has 0 saturated carbocycles.